The molecule has 3 heterocycles. The summed E-state index contributed by atoms with van der Waals surface area (Å²) < 4.78 is 6.75. The van der Waals surface area contributed by atoms with Gasteiger partial charge in [-0.15, -0.1) is 16.4 Å². The fourth-order valence-electron chi connectivity index (χ4n) is 3.43. The van der Waals surface area contributed by atoms with Crippen LogP contribution in [0.5, 0.6) is 0 Å². The summed E-state index contributed by atoms with van der Waals surface area (Å²) in [5.41, 5.74) is 3.43. The molecule has 0 spiro atoms. The molecule has 0 atom stereocenters. The summed E-state index contributed by atoms with van der Waals surface area (Å²) in [6.07, 6.45) is 1.39. The Balaban J connectivity index is 1.43. The zero-order valence-corrected chi connectivity index (χ0v) is 16.9. The topological polar surface area (TPSA) is 103 Å². The Morgan fingerprint density at radius 1 is 1.03 bits per heavy atom. The van der Waals surface area contributed by atoms with E-state index in [1.165, 1.54) is 22.3 Å². The smallest absolute Gasteiger partial charge is 0.351 e. The van der Waals surface area contributed by atoms with Crippen molar-refractivity contribution in [3.05, 3.63) is 82.8 Å². The molecule has 1 N–H and O–H groups in total. The number of carbonyl (C=O) groups is 2. The summed E-state index contributed by atoms with van der Waals surface area (Å²) in [6.45, 7) is -0.381. The minimum atomic E-state index is -0.602. The van der Waals surface area contributed by atoms with Crippen LogP contribution in [0.3, 0.4) is 0 Å². The van der Waals surface area contributed by atoms with Crippen molar-refractivity contribution in [2.24, 2.45) is 0 Å². The number of ketones is 1. The number of esters is 1. The van der Waals surface area contributed by atoms with E-state index in [0.717, 1.165) is 16.5 Å². The van der Waals surface area contributed by atoms with Gasteiger partial charge in [-0.3, -0.25) is 4.79 Å². The van der Waals surface area contributed by atoms with Crippen LogP contribution < -0.4 is 0 Å². The molecule has 0 aliphatic carbocycles. The van der Waals surface area contributed by atoms with E-state index in [4.69, 9.17) is 4.74 Å². The van der Waals surface area contributed by atoms with Crippen molar-refractivity contribution in [3.8, 4) is 16.9 Å². The number of aromatic amines is 1. The van der Waals surface area contributed by atoms with Crippen LogP contribution in [0.4, 0.5) is 0 Å². The van der Waals surface area contributed by atoms with Crippen LogP contribution in [0.1, 0.15) is 20.0 Å². The molecule has 9 heteroatoms. The van der Waals surface area contributed by atoms with E-state index in [-0.39, 0.29) is 12.4 Å². The van der Waals surface area contributed by atoms with Gasteiger partial charge in [0.1, 0.15) is 11.2 Å². The van der Waals surface area contributed by atoms with Crippen molar-refractivity contribution in [2.45, 2.75) is 0 Å². The van der Waals surface area contributed by atoms with Crippen molar-refractivity contribution in [1.29, 1.82) is 0 Å². The number of aromatic nitrogens is 5. The second kappa shape index (κ2) is 7.96. The van der Waals surface area contributed by atoms with E-state index in [1.807, 2.05) is 54.6 Å². The van der Waals surface area contributed by atoms with Crippen molar-refractivity contribution in [1.82, 2.24) is 25.2 Å². The predicted octanol–water partition coefficient (Wildman–Crippen LogP) is 3.91. The minimum Gasteiger partial charge on any atom is -0.453 e. The number of fused-ring (bicyclic) bond motifs is 1. The molecule has 3 aromatic heterocycles. The highest BCUT2D eigenvalue weighted by Gasteiger charge is 2.23. The number of rotatable bonds is 6. The van der Waals surface area contributed by atoms with E-state index in [2.05, 4.69) is 20.5 Å². The first-order valence-corrected chi connectivity index (χ1v) is 10.3. The van der Waals surface area contributed by atoms with Crippen molar-refractivity contribution < 1.29 is 14.3 Å². The molecule has 0 bridgehead atoms. The number of para-hydroxylation sites is 1. The number of ether oxygens (including phenoxy) is 1. The highest BCUT2D eigenvalue weighted by molar-refractivity contribution is 7.12. The average molecular weight is 429 g/mol. The number of thiophene rings is 1. The molecule has 0 aliphatic heterocycles. The number of tetrazole rings is 1. The lowest BCUT2D eigenvalue weighted by Gasteiger charge is -2.07. The maximum atomic E-state index is 13.2. The Morgan fingerprint density at radius 3 is 2.65 bits per heavy atom. The highest BCUT2D eigenvalue weighted by Crippen LogP contribution is 2.31. The van der Waals surface area contributed by atoms with Gasteiger partial charge in [0.05, 0.1) is 16.9 Å². The van der Waals surface area contributed by atoms with Gasteiger partial charge in [0.25, 0.3) is 0 Å². The summed E-state index contributed by atoms with van der Waals surface area (Å²) in [5.74, 6) is -0.889. The van der Waals surface area contributed by atoms with Crippen molar-refractivity contribution >= 4 is 34.0 Å². The van der Waals surface area contributed by atoms with E-state index >= 15 is 0 Å². The monoisotopic (exact) mass is 429 g/mol. The number of hydrogen-bond acceptors (Lipinski definition) is 7. The number of nitrogens with zero attached hydrogens (tertiary/aromatic N) is 4. The van der Waals surface area contributed by atoms with Crippen LogP contribution in [0, 0.1) is 0 Å². The molecule has 0 radical (unpaired) electrons. The Morgan fingerprint density at radius 2 is 1.84 bits per heavy atom. The normalized spacial score (nSPS) is 11.0. The van der Waals surface area contributed by atoms with E-state index in [9.17, 15) is 9.59 Å². The molecule has 152 valence electrons. The lowest BCUT2D eigenvalue weighted by Crippen LogP contribution is -2.15. The van der Waals surface area contributed by atoms with Crippen LogP contribution in [-0.2, 0) is 4.74 Å². The maximum Gasteiger partial charge on any atom is 0.351 e. The summed E-state index contributed by atoms with van der Waals surface area (Å²) >= 11 is 1.20. The van der Waals surface area contributed by atoms with Gasteiger partial charge in [-0.2, -0.15) is 4.68 Å². The van der Waals surface area contributed by atoms with Gasteiger partial charge in [-0.05, 0) is 33.5 Å². The molecule has 8 nitrogen and oxygen atoms in total. The third-order valence-electron chi connectivity index (χ3n) is 4.81. The van der Waals surface area contributed by atoms with Crippen LogP contribution in [0.15, 0.2) is 72.4 Å². The molecule has 0 aliphatic rings. The third kappa shape index (κ3) is 3.51. The summed E-state index contributed by atoms with van der Waals surface area (Å²) in [6, 6.07) is 18.9. The molecule has 0 unspecified atom stereocenters. The molecule has 5 rings (SSSR count). The van der Waals surface area contributed by atoms with E-state index < -0.39 is 5.97 Å². The molecular formula is C22H15N5O3S. The highest BCUT2D eigenvalue weighted by atomic mass is 32.1. The Bertz CT molecular complexity index is 1370. The van der Waals surface area contributed by atoms with Crippen LogP contribution >= 0.6 is 11.3 Å². The average Bonchev–Trinajstić information content (AvgIpc) is 3.56. The second-order valence-electron chi connectivity index (χ2n) is 6.68. The zero-order chi connectivity index (χ0) is 21.2. The molecular weight excluding hydrogens is 414 g/mol. The first-order valence-electron chi connectivity index (χ1n) is 9.39. The number of H-pyrrole nitrogens is 1. The molecule has 5 aromatic rings. The Hall–Kier alpha value is -4.11. The molecule has 0 saturated carbocycles. The molecule has 2 aromatic carbocycles. The maximum absolute atomic E-state index is 13.2. The summed E-state index contributed by atoms with van der Waals surface area (Å²) in [4.78, 5) is 29.5. The lowest BCUT2D eigenvalue weighted by molar-refractivity contribution is 0.0480. The lowest BCUT2D eigenvalue weighted by atomic mass is 10.0. The molecule has 0 fully saturated rings. The summed E-state index contributed by atoms with van der Waals surface area (Å²) in [5, 5.41) is 13.5. The number of carbonyl (C=O) groups excluding carboxylic acids is 2. The number of benzene rings is 2. The number of Topliss-reactive ketones (excluding diaryl/α,β-unsaturated/α-hetero) is 1. The number of nitrogens with one attached hydrogen (secondary N) is 1. The number of hydrogen-bond donors (Lipinski definition) is 1. The van der Waals surface area contributed by atoms with Crippen LogP contribution in [0.25, 0.3) is 27.8 Å². The Kier molecular flexibility index (Phi) is 4.85. The predicted molar refractivity (Wildman–Crippen MR) is 115 cm³/mol. The van der Waals surface area contributed by atoms with Crippen LogP contribution in [-0.4, -0.2) is 43.6 Å². The fourth-order valence-corrected chi connectivity index (χ4v) is 4.20. The second-order valence-corrected chi connectivity index (χ2v) is 7.59. The van der Waals surface area contributed by atoms with Gasteiger partial charge < -0.3 is 9.72 Å². The minimum absolute atomic E-state index is 0.287. The van der Waals surface area contributed by atoms with Gasteiger partial charge in [0.15, 0.2) is 6.61 Å². The van der Waals surface area contributed by atoms with Crippen molar-refractivity contribution in [3.63, 3.8) is 0 Å². The zero-order valence-electron chi connectivity index (χ0n) is 16.1. The third-order valence-corrected chi connectivity index (χ3v) is 5.69. The molecule has 0 amide bonds. The van der Waals surface area contributed by atoms with Gasteiger partial charge in [0.2, 0.25) is 5.78 Å². The quantitative estimate of drug-likeness (QED) is 0.324. The van der Waals surface area contributed by atoms with Gasteiger partial charge in [0, 0.05) is 10.9 Å². The van der Waals surface area contributed by atoms with Gasteiger partial charge in [-0.1, -0.05) is 48.5 Å². The standard InChI is InChI=1S/C22H15N5O3S/c28-18(12-30-22(29)21-17(10-11-31-21)27-13-23-25-26-27)19-15-8-4-5-9-16(15)24-20(19)14-6-2-1-3-7-14/h1-11,13,24H,12H2. The Labute approximate surface area is 180 Å². The largest absolute Gasteiger partial charge is 0.453 e. The van der Waals surface area contributed by atoms with Gasteiger partial charge in [-0.25, -0.2) is 4.79 Å². The van der Waals surface area contributed by atoms with Crippen LogP contribution in [0.2, 0.25) is 0 Å². The molecule has 31 heavy (non-hydrogen) atoms. The van der Waals surface area contributed by atoms with E-state index in [0.29, 0.717) is 21.8 Å². The SMILES string of the molecule is O=C(OCC(=O)c1c(-c2ccccc2)[nH]c2ccccc12)c1sccc1-n1cnnn1. The van der Waals surface area contributed by atoms with E-state index in [1.54, 1.807) is 11.4 Å². The summed E-state index contributed by atoms with van der Waals surface area (Å²) in [7, 11) is 0. The molecule has 0 saturated heterocycles. The fraction of sp³-hybridized carbons (Fsp3) is 0.0455. The first kappa shape index (κ1) is 18.9. The van der Waals surface area contributed by atoms with Crippen molar-refractivity contribution in [2.75, 3.05) is 6.61 Å². The van der Waals surface area contributed by atoms with Gasteiger partial charge >= 0.3 is 5.97 Å². The first-order chi connectivity index (χ1) is 15.2.